The van der Waals surface area contributed by atoms with Gasteiger partial charge in [-0.05, 0) is 45.4 Å². The first kappa shape index (κ1) is 24.7. The zero-order valence-electron chi connectivity index (χ0n) is 16.1. The fourth-order valence-corrected chi connectivity index (χ4v) is 2.50. The summed E-state index contributed by atoms with van der Waals surface area (Å²) in [6.07, 6.45) is -0.534. The molecule has 148 valence electrons. The molecule has 0 saturated carbocycles. The highest BCUT2D eigenvalue weighted by Gasteiger charge is 2.21. The molecule has 3 N–H and O–H groups in total. The second kappa shape index (κ2) is 11.4. The number of hydrogen-bond donors (Lipinski definition) is 3. The number of amides is 1. The summed E-state index contributed by atoms with van der Waals surface area (Å²) in [5.74, 6) is -0.670. The Morgan fingerprint density at radius 2 is 1.65 bits per heavy atom. The molecule has 0 bridgehead atoms. The van der Waals surface area contributed by atoms with Crippen molar-refractivity contribution in [1.82, 2.24) is 5.32 Å². The zero-order valence-corrected chi connectivity index (χ0v) is 17.6. The predicted octanol–water partition coefficient (Wildman–Crippen LogP) is 3.94. The topological polar surface area (TPSA) is 87.7 Å². The van der Waals surface area contributed by atoms with E-state index in [2.05, 4.69) is 10.6 Å². The van der Waals surface area contributed by atoms with Crippen LogP contribution in [-0.2, 0) is 14.3 Å². The normalized spacial score (nSPS) is 11.9. The molecule has 0 aliphatic rings. The van der Waals surface area contributed by atoms with Gasteiger partial charge in [-0.3, -0.25) is 9.59 Å². The first-order chi connectivity index (χ1) is 11.9. The van der Waals surface area contributed by atoms with Crippen LogP contribution in [0.2, 0.25) is 10.0 Å². The number of hydrogen-bond acceptors (Lipinski definition) is 5. The van der Waals surface area contributed by atoms with Gasteiger partial charge >= 0.3 is 5.97 Å². The van der Waals surface area contributed by atoms with Crippen molar-refractivity contribution in [3.63, 3.8) is 0 Å². The minimum absolute atomic E-state index is 0.137. The molecule has 0 heterocycles. The number of anilines is 1. The smallest absolute Gasteiger partial charge is 0.303 e. The summed E-state index contributed by atoms with van der Waals surface area (Å²) in [7, 11) is 0. The minimum Gasteiger partial charge on any atom is -0.456 e. The van der Waals surface area contributed by atoms with Crippen LogP contribution in [-0.4, -0.2) is 35.7 Å². The van der Waals surface area contributed by atoms with E-state index < -0.39 is 12.1 Å². The van der Waals surface area contributed by atoms with E-state index in [-0.39, 0.29) is 28.1 Å². The monoisotopic (exact) mass is 406 g/mol. The van der Waals surface area contributed by atoms with Gasteiger partial charge < -0.3 is 20.5 Å². The van der Waals surface area contributed by atoms with Crippen LogP contribution in [0.15, 0.2) is 12.1 Å². The lowest BCUT2D eigenvalue weighted by atomic mass is 10.1. The lowest BCUT2D eigenvalue weighted by Gasteiger charge is -2.26. The summed E-state index contributed by atoms with van der Waals surface area (Å²) < 4.78 is 5.36. The summed E-state index contributed by atoms with van der Waals surface area (Å²) in [4.78, 5) is 22.5. The maximum atomic E-state index is 11.4. The third-order valence-electron chi connectivity index (χ3n) is 2.86. The van der Waals surface area contributed by atoms with Gasteiger partial charge in [0.15, 0.2) is 0 Å². The van der Waals surface area contributed by atoms with Crippen molar-refractivity contribution in [3.8, 4) is 0 Å². The van der Waals surface area contributed by atoms with E-state index in [9.17, 15) is 9.59 Å². The average Bonchev–Trinajstić information content (AvgIpc) is 2.46. The Labute approximate surface area is 165 Å². The molecule has 0 fully saturated rings. The van der Waals surface area contributed by atoms with Crippen LogP contribution >= 0.6 is 23.2 Å². The fourth-order valence-electron chi connectivity index (χ4n) is 1.90. The Morgan fingerprint density at radius 1 is 1.19 bits per heavy atom. The molecule has 6 nitrogen and oxygen atoms in total. The SMILES string of the molecule is CC(=O)Nc1c(Cl)cc(C(CNC(C)(C)C)OC(C)=O)cc1Cl.CCO. The highest BCUT2D eigenvalue weighted by atomic mass is 35.5. The van der Waals surface area contributed by atoms with Crippen LogP contribution in [0, 0.1) is 0 Å². The third-order valence-corrected chi connectivity index (χ3v) is 3.46. The summed E-state index contributed by atoms with van der Waals surface area (Å²) >= 11 is 12.4. The van der Waals surface area contributed by atoms with Gasteiger partial charge in [0.2, 0.25) is 5.91 Å². The Bertz CT molecular complexity index is 593. The number of carbonyl (C=O) groups excluding carboxylic acids is 2. The molecule has 0 aliphatic carbocycles. The second-order valence-electron chi connectivity index (χ2n) is 6.59. The van der Waals surface area contributed by atoms with Crippen molar-refractivity contribution in [2.24, 2.45) is 0 Å². The van der Waals surface area contributed by atoms with Crippen LogP contribution in [0.4, 0.5) is 5.69 Å². The van der Waals surface area contributed by atoms with Crippen LogP contribution < -0.4 is 10.6 Å². The standard InChI is InChI=1S/C16H22Cl2N2O3.C2H6O/c1-9(21)20-15-12(17)6-11(7-13(15)18)14(23-10(2)22)8-19-16(3,4)5;1-2-3/h6-7,14,19H,8H2,1-5H3,(H,20,21);3H,2H2,1H3. The summed E-state index contributed by atoms with van der Waals surface area (Å²) in [6.45, 7) is 11.1. The average molecular weight is 407 g/mol. The van der Waals surface area contributed by atoms with E-state index >= 15 is 0 Å². The number of rotatable bonds is 5. The Morgan fingerprint density at radius 3 is 2.00 bits per heavy atom. The van der Waals surface area contributed by atoms with Crippen LogP contribution in [0.3, 0.4) is 0 Å². The van der Waals surface area contributed by atoms with Gasteiger partial charge in [-0.15, -0.1) is 0 Å². The van der Waals surface area contributed by atoms with Gasteiger partial charge in [-0.1, -0.05) is 23.2 Å². The fraction of sp³-hybridized carbons (Fsp3) is 0.556. The molecule has 1 unspecified atom stereocenters. The lowest BCUT2D eigenvalue weighted by molar-refractivity contribution is -0.146. The summed E-state index contributed by atoms with van der Waals surface area (Å²) in [6, 6.07) is 3.27. The van der Waals surface area contributed by atoms with Crippen molar-refractivity contribution >= 4 is 40.8 Å². The number of aliphatic hydroxyl groups excluding tert-OH is 1. The number of carbonyl (C=O) groups is 2. The van der Waals surface area contributed by atoms with Gasteiger partial charge in [0, 0.05) is 32.5 Å². The second-order valence-corrected chi connectivity index (χ2v) is 7.40. The molecule has 0 saturated heterocycles. The van der Waals surface area contributed by atoms with E-state index in [1.807, 2.05) is 20.8 Å². The number of nitrogens with one attached hydrogen (secondary N) is 2. The van der Waals surface area contributed by atoms with Crippen LogP contribution in [0.5, 0.6) is 0 Å². The van der Waals surface area contributed by atoms with Gasteiger partial charge in [0.1, 0.15) is 6.10 Å². The number of esters is 1. The quantitative estimate of drug-likeness (QED) is 0.644. The minimum atomic E-state index is -0.534. The van der Waals surface area contributed by atoms with Crippen LogP contribution in [0.1, 0.15) is 53.2 Å². The highest BCUT2D eigenvalue weighted by molar-refractivity contribution is 6.39. The maximum Gasteiger partial charge on any atom is 0.303 e. The Hall–Kier alpha value is -1.34. The summed E-state index contributed by atoms with van der Waals surface area (Å²) in [5.41, 5.74) is 0.859. The van der Waals surface area contributed by atoms with E-state index in [1.165, 1.54) is 13.8 Å². The molecule has 8 heteroatoms. The van der Waals surface area contributed by atoms with Crippen LogP contribution in [0.25, 0.3) is 0 Å². The molecule has 1 amide bonds. The highest BCUT2D eigenvalue weighted by Crippen LogP contribution is 2.34. The number of benzene rings is 1. The van der Waals surface area contributed by atoms with E-state index in [0.717, 1.165) is 0 Å². The Kier molecular flexibility index (Phi) is 10.8. The lowest BCUT2D eigenvalue weighted by Crippen LogP contribution is -2.39. The van der Waals surface area contributed by atoms with E-state index in [0.29, 0.717) is 17.8 Å². The largest absolute Gasteiger partial charge is 0.456 e. The van der Waals surface area contributed by atoms with Crippen molar-refractivity contribution in [1.29, 1.82) is 0 Å². The maximum absolute atomic E-state index is 11.4. The van der Waals surface area contributed by atoms with Crippen molar-refractivity contribution in [3.05, 3.63) is 27.7 Å². The molecule has 1 aromatic carbocycles. The number of halogens is 2. The van der Waals surface area contributed by atoms with Crippen molar-refractivity contribution < 1.29 is 19.4 Å². The molecule has 0 spiro atoms. The number of ether oxygens (including phenoxy) is 1. The molecular weight excluding hydrogens is 379 g/mol. The molecule has 1 aromatic rings. The number of aliphatic hydroxyl groups is 1. The molecule has 1 rings (SSSR count). The van der Waals surface area contributed by atoms with Gasteiger partial charge in [0.05, 0.1) is 15.7 Å². The molecule has 0 aliphatic heterocycles. The molecule has 0 radical (unpaired) electrons. The molecular formula is C18H28Cl2N2O4. The molecule has 26 heavy (non-hydrogen) atoms. The van der Waals surface area contributed by atoms with Gasteiger partial charge in [-0.2, -0.15) is 0 Å². The Balaban J connectivity index is 0.00000194. The third kappa shape index (κ3) is 9.97. The van der Waals surface area contributed by atoms with Gasteiger partial charge in [-0.25, -0.2) is 0 Å². The molecule has 0 aromatic heterocycles. The first-order valence-electron chi connectivity index (χ1n) is 8.20. The van der Waals surface area contributed by atoms with E-state index in [1.54, 1.807) is 19.1 Å². The zero-order chi connectivity index (χ0) is 20.5. The first-order valence-corrected chi connectivity index (χ1v) is 8.96. The predicted molar refractivity (Wildman–Crippen MR) is 106 cm³/mol. The molecule has 1 atom stereocenters. The van der Waals surface area contributed by atoms with Crippen molar-refractivity contribution in [2.45, 2.75) is 53.2 Å². The summed E-state index contributed by atoms with van der Waals surface area (Å²) in [5, 5.41) is 14.0. The van der Waals surface area contributed by atoms with E-state index in [4.69, 9.17) is 33.0 Å². The van der Waals surface area contributed by atoms with Crippen molar-refractivity contribution in [2.75, 3.05) is 18.5 Å². The van der Waals surface area contributed by atoms with Gasteiger partial charge in [0.25, 0.3) is 0 Å².